The van der Waals surface area contributed by atoms with Crippen LogP contribution in [0.25, 0.3) is 0 Å². The van der Waals surface area contributed by atoms with E-state index in [0.717, 1.165) is 23.0 Å². The van der Waals surface area contributed by atoms with E-state index in [9.17, 15) is 4.79 Å². The number of aliphatic carboxylic acids is 1. The molecule has 1 aromatic carbocycles. The van der Waals surface area contributed by atoms with Crippen molar-refractivity contribution in [3.05, 3.63) is 28.2 Å². The van der Waals surface area contributed by atoms with Gasteiger partial charge in [-0.3, -0.25) is 4.79 Å². The maximum Gasteiger partial charge on any atom is 0.306 e. The van der Waals surface area contributed by atoms with Gasteiger partial charge in [0.05, 0.1) is 17.6 Å². The topological polar surface area (TPSA) is 73.1 Å². The third-order valence-corrected chi connectivity index (χ3v) is 3.85. The fraction of sp³-hybridized carbons (Fsp3) is 0.467. The number of carboxylic acids is 1. The van der Waals surface area contributed by atoms with Crippen LogP contribution < -0.4 is 5.32 Å². The number of carbonyl (C=O) groups is 1. The number of nitriles is 1. The minimum atomic E-state index is -0.736. The van der Waals surface area contributed by atoms with Gasteiger partial charge in [-0.1, -0.05) is 13.3 Å². The van der Waals surface area contributed by atoms with Crippen LogP contribution in [-0.2, 0) is 4.79 Å². The lowest BCUT2D eigenvalue weighted by molar-refractivity contribution is -0.141. The second-order valence-electron chi connectivity index (χ2n) is 5.02. The van der Waals surface area contributed by atoms with E-state index in [2.05, 4.69) is 34.2 Å². The molecule has 1 rings (SSSR count). The predicted octanol–water partition coefficient (Wildman–Crippen LogP) is 4.01. The second kappa shape index (κ2) is 7.91. The Labute approximate surface area is 127 Å². The first-order chi connectivity index (χ1) is 9.43. The molecule has 0 amide bonds. The summed E-state index contributed by atoms with van der Waals surface area (Å²) in [5.74, 6) is -1.02. The molecule has 0 radical (unpaired) electrons. The molecule has 2 N–H and O–H groups in total. The van der Waals surface area contributed by atoms with Crippen molar-refractivity contribution in [3.8, 4) is 6.07 Å². The van der Waals surface area contributed by atoms with Gasteiger partial charge in [-0.05, 0) is 53.9 Å². The van der Waals surface area contributed by atoms with Crippen LogP contribution in [-0.4, -0.2) is 17.1 Å². The van der Waals surface area contributed by atoms with E-state index in [1.807, 2.05) is 6.07 Å². The van der Waals surface area contributed by atoms with Crippen molar-refractivity contribution in [1.82, 2.24) is 0 Å². The molecule has 0 saturated heterocycles. The van der Waals surface area contributed by atoms with Crippen LogP contribution in [0.4, 0.5) is 5.69 Å². The van der Waals surface area contributed by atoms with Crippen molar-refractivity contribution in [2.45, 2.75) is 39.2 Å². The monoisotopic (exact) mass is 338 g/mol. The average molecular weight is 339 g/mol. The molecule has 20 heavy (non-hydrogen) atoms. The summed E-state index contributed by atoms with van der Waals surface area (Å²) in [5, 5.41) is 21.0. The van der Waals surface area contributed by atoms with Gasteiger partial charge in [0.1, 0.15) is 0 Å². The Morgan fingerprint density at radius 1 is 1.45 bits per heavy atom. The molecule has 108 valence electrons. The molecule has 0 bridgehead atoms. The van der Waals surface area contributed by atoms with Crippen molar-refractivity contribution in [2.75, 3.05) is 5.32 Å². The van der Waals surface area contributed by atoms with Gasteiger partial charge in [-0.2, -0.15) is 5.26 Å². The van der Waals surface area contributed by atoms with E-state index >= 15 is 0 Å². The molecule has 0 aliphatic rings. The highest BCUT2D eigenvalue weighted by Gasteiger charge is 2.11. The van der Waals surface area contributed by atoms with Gasteiger partial charge in [0, 0.05) is 16.2 Å². The summed E-state index contributed by atoms with van der Waals surface area (Å²) in [6.07, 6.45) is 2.47. The van der Waals surface area contributed by atoms with E-state index in [1.165, 1.54) is 0 Å². The summed E-state index contributed by atoms with van der Waals surface area (Å²) < 4.78 is 0.863. The first-order valence-electron chi connectivity index (χ1n) is 6.63. The van der Waals surface area contributed by atoms with Crippen molar-refractivity contribution < 1.29 is 9.90 Å². The van der Waals surface area contributed by atoms with Crippen molar-refractivity contribution in [1.29, 1.82) is 5.26 Å². The summed E-state index contributed by atoms with van der Waals surface area (Å²) >= 11 is 3.44. The summed E-state index contributed by atoms with van der Waals surface area (Å²) in [4.78, 5) is 10.7. The number of halogens is 1. The van der Waals surface area contributed by atoms with Gasteiger partial charge >= 0.3 is 5.97 Å². The molecule has 0 aromatic heterocycles. The Bertz CT molecular complexity index is 511. The normalized spacial score (nSPS) is 13.3. The molecule has 4 nitrogen and oxygen atoms in total. The zero-order valence-electron chi connectivity index (χ0n) is 11.7. The molecule has 0 aliphatic heterocycles. The van der Waals surface area contributed by atoms with Crippen LogP contribution in [0, 0.1) is 17.2 Å². The van der Waals surface area contributed by atoms with Crippen LogP contribution in [0.5, 0.6) is 0 Å². The number of carboxylic acid groups (broad SMARTS) is 1. The Morgan fingerprint density at radius 2 is 2.15 bits per heavy atom. The minimum Gasteiger partial charge on any atom is -0.481 e. The third-order valence-electron chi connectivity index (χ3n) is 3.20. The third kappa shape index (κ3) is 5.22. The lowest BCUT2D eigenvalue weighted by atomic mass is 10.0. The van der Waals surface area contributed by atoms with Gasteiger partial charge in [-0.25, -0.2) is 0 Å². The summed E-state index contributed by atoms with van der Waals surface area (Å²) in [6.45, 7) is 3.80. The van der Waals surface area contributed by atoms with Crippen LogP contribution in [0.15, 0.2) is 22.7 Å². The maximum absolute atomic E-state index is 10.7. The second-order valence-corrected chi connectivity index (χ2v) is 5.88. The molecular formula is C15H19BrN2O2. The smallest absolute Gasteiger partial charge is 0.306 e. The maximum atomic E-state index is 10.7. The van der Waals surface area contributed by atoms with Gasteiger partial charge in [-0.15, -0.1) is 0 Å². The lowest BCUT2D eigenvalue weighted by Crippen LogP contribution is -2.16. The molecule has 0 fully saturated rings. The van der Waals surface area contributed by atoms with Crippen LogP contribution in [0.1, 0.15) is 38.7 Å². The van der Waals surface area contributed by atoms with E-state index < -0.39 is 5.97 Å². The van der Waals surface area contributed by atoms with Gasteiger partial charge < -0.3 is 10.4 Å². The summed E-state index contributed by atoms with van der Waals surface area (Å²) in [7, 11) is 0. The number of rotatable bonds is 7. The molecule has 0 heterocycles. The van der Waals surface area contributed by atoms with Crippen molar-refractivity contribution in [3.63, 3.8) is 0 Å². The Kier molecular flexibility index (Phi) is 6.53. The number of nitrogens with one attached hydrogen (secondary N) is 1. The van der Waals surface area contributed by atoms with Crippen LogP contribution in [0.2, 0.25) is 0 Å². The number of hydrogen-bond acceptors (Lipinski definition) is 3. The Hall–Kier alpha value is -1.54. The fourth-order valence-corrected chi connectivity index (χ4v) is 2.39. The predicted molar refractivity (Wildman–Crippen MR) is 82.6 cm³/mol. The minimum absolute atomic E-state index is 0.250. The lowest BCUT2D eigenvalue weighted by Gasteiger charge is -2.17. The number of anilines is 1. The molecule has 1 aromatic rings. The highest BCUT2D eigenvalue weighted by atomic mass is 79.9. The zero-order valence-corrected chi connectivity index (χ0v) is 13.3. The number of benzene rings is 1. The highest BCUT2D eigenvalue weighted by Crippen LogP contribution is 2.25. The quantitative estimate of drug-likeness (QED) is 0.787. The van der Waals surface area contributed by atoms with E-state index in [0.29, 0.717) is 12.0 Å². The molecule has 0 spiro atoms. The SMILES string of the molecule is CC(CCCC(C)C(=O)O)Nc1ccc(C#N)cc1Br. The molecule has 0 aliphatic carbocycles. The zero-order chi connectivity index (χ0) is 15.1. The van der Waals surface area contributed by atoms with Gasteiger partial charge in [0.25, 0.3) is 0 Å². The molecule has 2 atom stereocenters. The largest absolute Gasteiger partial charge is 0.481 e. The van der Waals surface area contributed by atoms with Crippen molar-refractivity contribution in [2.24, 2.45) is 5.92 Å². The Balaban J connectivity index is 2.45. The van der Waals surface area contributed by atoms with E-state index in [1.54, 1.807) is 19.1 Å². The number of hydrogen-bond donors (Lipinski definition) is 2. The summed E-state index contributed by atoms with van der Waals surface area (Å²) in [5.41, 5.74) is 1.56. The molecular weight excluding hydrogens is 320 g/mol. The highest BCUT2D eigenvalue weighted by molar-refractivity contribution is 9.10. The van der Waals surface area contributed by atoms with Crippen molar-refractivity contribution >= 4 is 27.6 Å². The van der Waals surface area contributed by atoms with Gasteiger partial charge in [0.15, 0.2) is 0 Å². The van der Waals surface area contributed by atoms with Crippen LogP contribution >= 0.6 is 15.9 Å². The standard InChI is InChI=1S/C15H19BrN2O2/c1-10(15(19)20)4-3-5-11(2)18-14-7-6-12(9-17)8-13(14)16/h6-8,10-11,18H,3-5H2,1-2H3,(H,19,20). The number of nitrogens with zero attached hydrogens (tertiary/aromatic N) is 1. The first-order valence-corrected chi connectivity index (χ1v) is 7.42. The van der Waals surface area contributed by atoms with E-state index in [-0.39, 0.29) is 12.0 Å². The molecule has 0 saturated carbocycles. The summed E-state index contributed by atoms with van der Waals surface area (Å²) in [6, 6.07) is 7.77. The molecule has 2 unspecified atom stereocenters. The van der Waals surface area contributed by atoms with Gasteiger partial charge in [0.2, 0.25) is 0 Å². The van der Waals surface area contributed by atoms with E-state index in [4.69, 9.17) is 10.4 Å². The van der Waals surface area contributed by atoms with Crippen LogP contribution in [0.3, 0.4) is 0 Å². The fourth-order valence-electron chi connectivity index (χ4n) is 1.89. The first kappa shape index (κ1) is 16.5. The average Bonchev–Trinajstić information content (AvgIpc) is 2.40. The Morgan fingerprint density at radius 3 is 2.70 bits per heavy atom. The molecule has 5 heteroatoms.